The molecule has 242 valence electrons. The summed E-state index contributed by atoms with van der Waals surface area (Å²) in [6.45, 7) is 1.05. The van der Waals surface area contributed by atoms with Crippen LogP contribution in [0.2, 0.25) is 0 Å². The third kappa shape index (κ3) is 9.07. The fraction of sp³-hybridized carbons (Fsp3) is 0.400. The average molecular weight is 645 g/mol. The number of ether oxygens (including phenoxy) is 3. The van der Waals surface area contributed by atoms with Gasteiger partial charge in [-0.25, -0.2) is 15.0 Å². The molecule has 1 aliphatic heterocycles. The monoisotopic (exact) mass is 644 g/mol. The Morgan fingerprint density at radius 1 is 0.978 bits per heavy atom. The molecule has 0 bridgehead atoms. The van der Waals surface area contributed by atoms with E-state index in [9.17, 15) is 28.8 Å². The zero-order chi connectivity index (χ0) is 32.6. The molecular weight excluding hydrogens is 607 g/mol. The summed E-state index contributed by atoms with van der Waals surface area (Å²) in [7, 11) is -1.96. The van der Waals surface area contributed by atoms with Gasteiger partial charge in [0.05, 0.1) is 26.9 Å². The lowest BCUT2D eigenvalue weighted by Crippen LogP contribution is -2.46. The van der Waals surface area contributed by atoms with E-state index in [0.29, 0.717) is 0 Å². The number of nitrogens with zero attached hydrogens (tertiary/aromatic N) is 1. The molecule has 0 saturated carbocycles. The SMILES string of the molecule is COC(=O)C(Cc1ccccc1)NP(=O)(NC(Cc1ccccc1)C(=O)OC)OC[C@H]1O[C@@H](n2cc(C)c(=O)[nH]c2=O)C[C@@H]1O. The first-order chi connectivity index (χ1) is 21.5. The highest BCUT2D eigenvalue weighted by atomic mass is 31.2. The number of esters is 2. The fourth-order valence-electron chi connectivity index (χ4n) is 4.88. The van der Waals surface area contributed by atoms with E-state index < -0.39 is 68.0 Å². The molecule has 0 spiro atoms. The van der Waals surface area contributed by atoms with Crippen LogP contribution in [-0.2, 0) is 45.7 Å². The van der Waals surface area contributed by atoms with Gasteiger partial charge in [0.2, 0.25) is 0 Å². The summed E-state index contributed by atoms with van der Waals surface area (Å²) in [5, 5.41) is 16.2. The molecule has 14 nitrogen and oxygen atoms in total. The molecule has 15 heteroatoms. The zero-order valence-corrected chi connectivity index (χ0v) is 26.0. The standard InChI is InChI=1S/C30H37N4O10P/c1-19-17-34(30(39)31-27(19)36)26-16-24(35)25(44-26)18-43-45(40,32-22(28(37)41-2)14-20-10-6-4-7-11-20)33-23(29(38)42-3)15-21-12-8-5-9-13-21/h4-13,17,22-26,35H,14-16,18H2,1-3H3,(H,31,36,39)(H2,32,33,40)/t22?,23?,24-,25+,26+,45?/m0/s1. The number of hydrogen-bond acceptors (Lipinski definition) is 10. The van der Waals surface area contributed by atoms with Gasteiger partial charge in [-0.05, 0) is 30.9 Å². The first kappa shape index (κ1) is 34.0. The number of aliphatic hydroxyl groups is 1. The third-order valence-corrected chi connectivity index (χ3v) is 9.09. The second-order valence-electron chi connectivity index (χ2n) is 10.5. The summed E-state index contributed by atoms with van der Waals surface area (Å²) in [4.78, 5) is 52.1. The first-order valence-electron chi connectivity index (χ1n) is 14.2. The lowest BCUT2D eigenvalue weighted by molar-refractivity contribution is -0.143. The van der Waals surface area contributed by atoms with Crippen molar-refractivity contribution >= 4 is 19.6 Å². The predicted octanol–water partition coefficient (Wildman–Crippen LogP) is 1.37. The molecule has 0 aliphatic carbocycles. The van der Waals surface area contributed by atoms with Crippen LogP contribution in [0.1, 0.15) is 29.3 Å². The largest absolute Gasteiger partial charge is 0.468 e. The molecule has 4 rings (SSSR count). The smallest absolute Gasteiger partial charge is 0.342 e. The Kier molecular flexibility index (Phi) is 11.6. The lowest BCUT2D eigenvalue weighted by atomic mass is 10.1. The average Bonchev–Trinajstić information content (AvgIpc) is 3.41. The number of carbonyl (C=O) groups excluding carboxylic acids is 2. The number of hydrogen-bond donors (Lipinski definition) is 4. The Morgan fingerprint density at radius 2 is 1.49 bits per heavy atom. The van der Waals surface area contributed by atoms with Crippen molar-refractivity contribution in [3.05, 3.63) is 104 Å². The van der Waals surface area contributed by atoms with E-state index in [-0.39, 0.29) is 24.8 Å². The van der Waals surface area contributed by atoms with Gasteiger partial charge in [0.25, 0.3) is 5.56 Å². The number of aliphatic hydroxyl groups excluding tert-OH is 1. The summed E-state index contributed by atoms with van der Waals surface area (Å²) in [6, 6.07) is 15.6. The molecule has 5 atom stereocenters. The normalized spacial score (nSPS) is 20.6. The van der Waals surface area contributed by atoms with Gasteiger partial charge in [0.1, 0.15) is 24.4 Å². The van der Waals surface area contributed by atoms with Crippen molar-refractivity contribution in [3.8, 4) is 0 Å². The highest BCUT2D eigenvalue weighted by molar-refractivity contribution is 7.54. The first-order valence-corrected chi connectivity index (χ1v) is 15.8. The van der Waals surface area contributed by atoms with E-state index in [1.165, 1.54) is 27.3 Å². The fourth-order valence-corrected chi connectivity index (χ4v) is 6.68. The summed E-state index contributed by atoms with van der Waals surface area (Å²) in [6.07, 6.45) is -1.72. The molecule has 2 aromatic carbocycles. The number of aryl methyl sites for hydroxylation is 1. The second-order valence-corrected chi connectivity index (χ2v) is 12.4. The molecule has 1 saturated heterocycles. The molecule has 3 aromatic rings. The maximum absolute atomic E-state index is 14.5. The van der Waals surface area contributed by atoms with Crippen LogP contribution in [0.15, 0.2) is 76.4 Å². The number of rotatable bonds is 14. The maximum atomic E-state index is 14.5. The number of benzene rings is 2. The topological polar surface area (TPSA) is 187 Å². The van der Waals surface area contributed by atoms with Crippen molar-refractivity contribution in [3.63, 3.8) is 0 Å². The van der Waals surface area contributed by atoms with Gasteiger partial charge in [-0.1, -0.05) is 60.7 Å². The second kappa shape index (κ2) is 15.4. The van der Waals surface area contributed by atoms with E-state index in [1.807, 2.05) is 12.1 Å². The van der Waals surface area contributed by atoms with Crippen LogP contribution >= 0.6 is 7.67 Å². The van der Waals surface area contributed by atoms with Crippen molar-refractivity contribution in [1.82, 2.24) is 19.7 Å². The van der Waals surface area contributed by atoms with E-state index in [2.05, 4.69) is 15.2 Å². The Hall–Kier alpha value is -3.91. The Bertz CT molecular complexity index is 1550. The Labute approximate surface area is 259 Å². The number of methoxy groups -OCH3 is 2. The minimum atomic E-state index is -4.34. The van der Waals surface area contributed by atoms with Crippen LogP contribution in [-0.4, -0.2) is 71.7 Å². The Morgan fingerprint density at radius 3 is 1.98 bits per heavy atom. The number of carbonyl (C=O) groups is 2. The number of aromatic amines is 1. The zero-order valence-electron chi connectivity index (χ0n) is 25.1. The minimum absolute atomic E-state index is 0.0256. The van der Waals surface area contributed by atoms with Gasteiger partial charge in [-0.3, -0.25) is 28.5 Å². The van der Waals surface area contributed by atoms with Crippen LogP contribution in [0.25, 0.3) is 0 Å². The van der Waals surface area contributed by atoms with Crippen molar-refractivity contribution in [2.45, 2.75) is 56.7 Å². The van der Waals surface area contributed by atoms with Crippen LogP contribution in [0, 0.1) is 6.92 Å². The van der Waals surface area contributed by atoms with Gasteiger partial charge in [0, 0.05) is 18.2 Å². The molecule has 1 aliphatic rings. The Balaban J connectivity index is 1.60. The van der Waals surface area contributed by atoms with Gasteiger partial charge in [-0.15, -0.1) is 0 Å². The predicted molar refractivity (Wildman–Crippen MR) is 162 cm³/mol. The third-order valence-electron chi connectivity index (χ3n) is 7.27. The summed E-state index contributed by atoms with van der Waals surface area (Å²) in [5.41, 5.74) is 0.477. The molecular formula is C30H37N4O10P. The molecule has 2 heterocycles. The van der Waals surface area contributed by atoms with E-state index >= 15 is 0 Å². The highest BCUT2D eigenvalue weighted by Gasteiger charge is 2.40. The van der Waals surface area contributed by atoms with Crippen LogP contribution in [0.5, 0.6) is 0 Å². The molecule has 1 fully saturated rings. The maximum Gasteiger partial charge on any atom is 0.342 e. The summed E-state index contributed by atoms with van der Waals surface area (Å²) < 4.78 is 37.3. The van der Waals surface area contributed by atoms with Crippen molar-refractivity contribution < 1.29 is 38.0 Å². The summed E-state index contributed by atoms with van der Waals surface area (Å²) >= 11 is 0. The minimum Gasteiger partial charge on any atom is -0.468 e. The number of H-pyrrole nitrogens is 1. The van der Waals surface area contributed by atoms with Gasteiger partial charge in [-0.2, -0.15) is 0 Å². The number of aromatic nitrogens is 2. The molecule has 45 heavy (non-hydrogen) atoms. The molecule has 2 unspecified atom stereocenters. The van der Waals surface area contributed by atoms with Crippen LogP contribution < -0.4 is 21.4 Å². The summed E-state index contributed by atoms with van der Waals surface area (Å²) in [5.74, 6) is -1.46. The lowest BCUT2D eigenvalue weighted by Gasteiger charge is -2.29. The molecule has 4 N–H and O–H groups in total. The van der Waals surface area contributed by atoms with Crippen molar-refractivity contribution in [2.24, 2.45) is 0 Å². The highest BCUT2D eigenvalue weighted by Crippen LogP contribution is 2.41. The van der Waals surface area contributed by atoms with Crippen molar-refractivity contribution in [2.75, 3.05) is 20.8 Å². The van der Waals surface area contributed by atoms with Crippen LogP contribution in [0.4, 0.5) is 0 Å². The van der Waals surface area contributed by atoms with E-state index in [0.717, 1.165) is 15.7 Å². The number of nitrogens with one attached hydrogen (secondary N) is 3. The van der Waals surface area contributed by atoms with Gasteiger partial charge < -0.3 is 23.8 Å². The molecule has 0 radical (unpaired) electrons. The molecule has 1 aromatic heterocycles. The quantitative estimate of drug-likeness (QED) is 0.146. The van der Waals surface area contributed by atoms with E-state index in [4.69, 9.17) is 18.7 Å². The molecule has 0 amide bonds. The van der Waals surface area contributed by atoms with E-state index in [1.54, 1.807) is 48.5 Å². The van der Waals surface area contributed by atoms with Crippen molar-refractivity contribution in [1.29, 1.82) is 0 Å². The van der Waals surface area contributed by atoms with Crippen LogP contribution in [0.3, 0.4) is 0 Å². The van der Waals surface area contributed by atoms with Gasteiger partial charge >= 0.3 is 25.3 Å². The van der Waals surface area contributed by atoms with Gasteiger partial charge in [0.15, 0.2) is 0 Å².